The second kappa shape index (κ2) is 8.98. The third kappa shape index (κ3) is 5.14. The Labute approximate surface area is 122 Å². The standard InChI is InChI=1S/C17H27NO2/c1-18-13-16-9-5-6-10-17(16)20-12-11-19-14-15-7-3-2-4-8-15/h5-6,9-10,15,18H,2-4,7-8,11-14H2,1H3. The van der Waals surface area contributed by atoms with Gasteiger partial charge in [-0.2, -0.15) is 0 Å². The van der Waals surface area contributed by atoms with Gasteiger partial charge in [0.25, 0.3) is 0 Å². The van der Waals surface area contributed by atoms with Crippen LogP contribution in [0.1, 0.15) is 37.7 Å². The van der Waals surface area contributed by atoms with Crippen molar-refractivity contribution >= 4 is 0 Å². The summed E-state index contributed by atoms with van der Waals surface area (Å²) in [4.78, 5) is 0. The van der Waals surface area contributed by atoms with Crippen molar-refractivity contribution in [1.82, 2.24) is 5.32 Å². The van der Waals surface area contributed by atoms with Crippen molar-refractivity contribution in [2.24, 2.45) is 5.92 Å². The number of benzene rings is 1. The van der Waals surface area contributed by atoms with Crippen molar-refractivity contribution in [3.8, 4) is 5.75 Å². The number of hydrogen-bond acceptors (Lipinski definition) is 3. The zero-order chi connectivity index (χ0) is 14.0. The SMILES string of the molecule is CNCc1ccccc1OCCOCC1CCCCC1. The molecule has 1 aromatic carbocycles. The summed E-state index contributed by atoms with van der Waals surface area (Å²) < 4.78 is 11.6. The lowest BCUT2D eigenvalue weighted by Crippen LogP contribution is -2.16. The van der Waals surface area contributed by atoms with E-state index in [1.165, 1.54) is 37.7 Å². The second-order valence-electron chi connectivity index (χ2n) is 5.57. The van der Waals surface area contributed by atoms with Crippen LogP contribution in [0.3, 0.4) is 0 Å². The Morgan fingerprint density at radius 2 is 1.90 bits per heavy atom. The lowest BCUT2D eigenvalue weighted by molar-refractivity contribution is 0.0633. The van der Waals surface area contributed by atoms with E-state index in [0.717, 1.165) is 24.8 Å². The normalized spacial score (nSPS) is 16.2. The molecule has 0 amide bonds. The van der Waals surface area contributed by atoms with Crippen molar-refractivity contribution < 1.29 is 9.47 Å². The van der Waals surface area contributed by atoms with Crippen LogP contribution in [0.15, 0.2) is 24.3 Å². The van der Waals surface area contributed by atoms with E-state index in [9.17, 15) is 0 Å². The average Bonchev–Trinajstić information content (AvgIpc) is 2.50. The Hall–Kier alpha value is -1.06. The van der Waals surface area contributed by atoms with Gasteiger partial charge in [0.1, 0.15) is 12.4 Å². The van der Waals surface area contributed by atoms with Gasteiger partial charge in [-0.05, 0) is 31.9 Å². The lowest BCUT2D eigenvalue weighted by Gasteiger charge is -2.21. The number of ether oxygens (including phenoxy) is 2. The highest BCUT2D eigenvalue weighted by Gasteiger charge is 2.13. The van der Waals surface area contributed by atoms with Crippen molar-refractivity contribution in [1.29, 1.82) is 0 Å². The van der Waals surface area contributed by atoms with Gasteiger partial charge in [0, 0.05) is 18.7 Å². The molecule has 1 aliphatic carbocycles. The van der Waals surface area contributed by atoms with E-state index in [1.807, 2.05) is 25.2 Å². The van der Waals surface area contributed by atoms with Gasteiger partial charge >= 0.3 is 0 Å². The highest BCUT2D eigenvalue weighted by atomic mass is 16.5. The molecule has 0 bridgehead atoms. The number of hydrogen-bond donors (Lipinski definition) is 1. The van der Waals surface area contributed by atoms with Crippen molar-refractivity contribution in [2.75, 3.05) is 26.9 Å². The largest absolute Gasteiger partial charge is 0.491 e. The van der Waals surface area contributed by atoms with E-state index >= 15 is 0 Å². The minimum Gasteiger partial charge on any atom is -0.491 e. The Bertz CT molecular complexity index is 375. The molecule has 0 spiro atoms. The van der Waals surface area contributed by atoms with Crippen LogP contribution >= 0.6 is 0 Å². The monoisotopic (exact) mass is 277 g/mol. The van der Waals surface area contributed by atoms with Crippen LogP contribution in [-0.2, 0) is 11.3 Å². The van der Waals surface area contributed by atoms with Crippen LogP contribution in [0.2, 0.25) is 0 Å². The van der Waals surface area contributed by atoms with Crippen LogP contribution < -0.4 is 10.1 Å². The number of nitrogens with one attached hydrogen (secondary N) is 1. The molecule has 2 rings (SSSR count). The molecule has 0 saturated heterocycles. The molecule has 3 heteroatoms. The van der Waals surface area contributed by atoms with E-state index in [4.69, 9.17) is 9.47 Å². The highest BCUT2D eigenvalue weighted by Crippen LogP contribution is 2.23. The van der Waals surface area contributed by atoms with Crippen LogP contribution in [0, 0.1) is 5.92 Å². The topological polar surface area (TPSA) is 30.5 Å². The second-order valence-corrected chi connectivity index (χ2v) is 5.57. The van der Waals surface area contributed by atoms with E-state index in [-0.39, 0.29) is 0 Å². The number of rotatable bonds is 8. The fourth-order valence-corrected chi connectivity index (χ4v) is 2.80. The van der Waals surface area contributed by atoms with Crippen molar-refractivity contribution in [3.05, 3.63) is 29.8 Å². The molecular formula is C17H27NO2. The third-order valence-corrected chi connectivity index (χ3v) is 3.90. The summed E-state index contributed by atoms with van der Waals surface area (Å²) in [6.45, 7) is 3.05. The summed E-state index contributed by atoms with van der Waals surface area (Å²) in [7, 11) is 1.95. The van der Waals surface area contributed by atoms with Crippen LogP contribution in [0.25, 0.3) is 0 Å². The predicted molar refractivity (Wildman–Crippen MR) is 82.1 cm³/mol. The van der Waals surface area contributed by atoms with Gasteiger partial charge in [0.05, 0.1) is 6.61 Å². The van der Waals surface area contributed by atoms with Gasteiger partial charge in [0.2, 0.25) is 0 Å². The van der Waals surface area contributed by atoms with Crippen molar-refractivity contribution in [3.63, 3.8) is 0 Å². The first-order valence-corrected chi connectivity index (χ1v) is 7.83. The average molecular weight is 277 g/mol. The van der Waals surface area contributed by atoms with Gasteiger partial charge in [-0.15, -0.1) is 0 Å². The van der Waals surface area contributed by atoms with E-state index in [1.54, 1.807) is 0 Å². The summed E-state index contributed by atoms with van der Waals surface area (Å²) in [5, 5.41) is 3.16. The molecule has 20 heavy (non-hydrogen) atoms. The Kier molecular flexibility index (Phi) is 6.89. The van der Waals surface area contributed by atoms with E-state index in [2.05, 4.69) is 11.4 Å². The van der Waals surface area contributed by atoms with Gasteiger partial charge < -0.3 is 14.8 Å². The molecule has 0 unspecified atom stereocenters. The highest BCUT2D eigenvalue weighted by molar-refractivity contribution is 5.33. The Morgan fingerprint density at radius 3 is 2.70 bits per heavy atom. The fraction of sp³-hybridized carbons (Fsp3) is 0.647. The van der Waals surface area contributed by atoms with E-state index in [0.29, 0.717) is 13.2 Å². The Balaban J connectivity index is 1.63. The molecular weight excluding hydrogens is 250 g/mol. The minimum absolute atomic E-state index is 0.632. The number of para-hydroxylation sites is 1. The van der Waals surface area contributed by atoms with Crippen molar-refractivity contribution in [2.45, 2.75) is 38.6 Å². The fourth-order valence-electron chi connectivity index (χ4n) is 2.80. The first-order valence-electron chi connectivity index (χ1n) is 7.83. The summed E-state index contributed by atoms with van der Waals surface area (Å²) in [5.74, 6) is 1.74. The first-order chi connectivity index (χ1) is 9.90. The molecule has 3 nitrogen and oxygen atoms in total. The van der Waals surface area contributed by atoms with Gasteiger partial charge in [-0.1, -0.05) is 37.5 Å². The third-order valence-electron chi connectivity index (χ3n) is 3.90. The summed E-state index contributed by atoms with van der Waals surface area (Å²) in [6.07, 6.45) is 6.84. The lowest BCUT2D eigenvalue weighted by atomic mass is 9.90. The summed E-state index contributed by atoms with van der Waals surface area (Å²) in [5.41, 5.74) is 1.20. The van der Waals surface area contributed by atoms with Crippen LogP contribution in [0.4, 0.5) is 0 Å². The zero-order valence-corrected chi connectivity index (χ0v) is 12.6. The van der Waals surface area contributed by atoms with E-state index < -0.39 is 0 Å². The summed E-state index contributed by atoms with van der Waals surface area (Å²) in [6, 6.07) is 8.17. The predicted octanol–water partition coefficient (Wildman–Crippen LogP) is 3.38. The van der Waals surface area contributed by atoms with Crippen LogP contribution in [0.5, 0.6) is 5.75 Å². The molecule has 1 saturated carbocycles. The molecule has 1 aliphatic rings. The molecule has 0 radical (unpaired) electrons. The molecule has 0 atom stereocenters. The minimum atomic E-state index is 0.632. The maximum Gasteiger partial charge on any atom is 0.123 e. The van der Waals surface area contributed by atoms with Crippen LogP contribution in [-0.4, -0.2) is 26.9 Å². The zero-order valence-electron chi connectivity index (χ0n) is 12.6. The maximum absolute atomic E-state index is 5.81. The molecule has 112 valence electrons. The molecule has 0 aromatic heterocycles. The molecule has 1 aromatic rings. The first kappa shape index (κ1) is 15.3. The quantitative estimate of drug-likeness (QED) is 0.739. The Morgan fingerprint density at radius 1 is 1.10 bits per heavy atom. The summed E-state index contributed by atoms with van der Waals surface area (Å²) >= 11 is 0. The van der Waals surface area contributed by atoms with Gasteiger partial charge in [-0.25, -0.2) is 0 Å². The maximum atomic E-state index is 5.81. The molecule has 0 heterocycles. The molecule has 0 aliphatic heterocycles. The molecule has 1 fully saturated rings. The molecule has 1 N–H and O–H groups in total. The smallest absolute Gasteiger partial charge is 0.123 e. The van der Waals surface area contributed by atoms with Gasteiger partial charge in [-0.3, -0.25) is 0 Å². The van der Waals surface area contributed by atoms with Gasteiger partial charge in [0.15, 0.2) is 0 Å².